The lowest BCUT2D eigenvalue weighted by Gasteiger charge is -2.46. The number of pyridine rings is 1. The average Bonchev–Trinajstić information content (AvgIpc) is 2.84. The van der Waals surface area contributed by atoms with Crippen LogP contribution in [0.25, 0.3) is 0 Å². The molecule has 0 amide bonds. The van der Waals surface area contributed by atoms with Gasteiger partial charge in [-0.25, -0.2) is 9.78 Å². The van der Waals surface area contributed by atoms with Gasteiger partial charge in [0, 0.05) is 42.9 Å². The Morgan fingerprint density at radius 2 is 1.89 bits per heavy atom. The van der Waals surface area contributed by atoms with Gasteiger partial charge in [-0.05, 0) is 61.6 Å². The second-order valence-corrected chi connectivity index (χ2v) is 9.58. The Morgan fingerprint density at radius 3 is 2.57 bits per heavy atom. The lowest BCUT2D eigenvalue weighted by molar-refractivity contribution is -0.201. The smallest absolute Gasteiger partial charge is 0.454 e. The van der Waals surface area contributed by atoms with Gasteiger partial charge in [0.15, 0.2) is 0 Å². The van der Waals surface area contributed by atoms with Gasteiger partial charge in [-0.15, -0.1) is 0 Å². The lowest BCUT2D eigenvalue weighted by Crippen LogP contribution is -2.56. The molecule has 2 saturated heterocycles. The molecule has 1 aromatic heterocycles. The van der Waals surface area contributed by atoms with E-state index in [1.54, 1.807) is 12.1 Å². The molecule has 1 aromatic carbocycles. The quantitative estimate of drug-likeness (QED) is 0.527. The van der Waals surface area contributed by atoms with Gasteiger partial charge in [0.05, 0.1) is 12.7 Å². The van der Waals surface area contributed by atoms with Gasteiger partial charge in [-0.1, -0.05) is 23.7 Å². The van der Waals surface area contributed by atoms with Crippen LogP contribution in [0, 0.1) is 0 Å². The molecule has 0 aliphatic carbocycles. The van der Waals surface area contributed by atoms with Crippen molar-refractivity contribution in [2.45, 2.75) is 57.2 Å². The summed E-state index contributed by atoms with van der Waals surface area (Å²) in [7, 11) is 0. The highest BCUT2D eigenvalue weighted by Crippen LogP contribution is 2.27. The number of carbonyl (C=O) groups is 1. The van der Waals surface area contributed by atoms with E-state index in [1.807, 2.05) is 12.1 Å². The summed E-state index contributed by atoms with van der Waals surface area (Å²) >= 11 is 6.04. The van der Waals surface area contributed by atoms with Crippen molar-refractivity contribution in [1.29, 1.82) is 0 Å². The molecule has 6 nitrogen and oxygen atoms in total. The monoisotopic (exact) mass is 511 g/mol. The van der Waals surface area contributed by atoms with Crippen LogP contribution in [0.4, 0.5) is 19.0 Å². The fourth-order valence-corrected chi connectivity index (χ4v) is 4.89. The molecule has 2 aliphatic heterocycles. The normalized spacial score (nSPS) is 22.3. The summed E-state index contributed by atoms with van der Waals surface area (Å²) in [6.07, 6.45) is -0.515. The molecule has 3 heterocycles. The highest BCUT2D eigenvalue weighted by Gasteiger charge is 2.41. The van der Waals surface area contributed by atoms with Crippen LogP contribution in [0.2, 0.25) is 5.02 Å². The van der Waals surface area contributed by atoms with E-state index in [-0.39, 0.29) is 12.1 Å². The molecule has 2 aliphatic rings. The van der Waals surface area contributed by atoms with Crippen LogP contribution in [0.1, 0.15) is 30.9 Å². The molecule has 0 N–H and O–H groups in total. The third-order valence-electron chi connectivity index (χ3n) is 6.56. The first-order valence-corrected chi connectivity index (χ1v) is 12.1. The molecule has 35 heavy (non-hydrogen) atoms. The van der Waals surface area contributed by atoms with E-state index < -0.39 is 18.8 Å². The number of carbonyl (C=O) groups excluding carboxylic acids is 1. The summed E-state index contributed by atoms with van der Waals surface area (Å²) in [4.78, 5) is 20.1. The van der Waals surface area contributed by atoms with Crippen molar-refractivity contribution >= 4 is 23.4 Å². The summed E-state index contributed by atoms with van der Waals surface area (Å²) in [5.74, 6) is -1.51. The number of ether oxygens (including phenoxy) is 2. The summed E-state index contributed by atoms with van der Waals surface area (Å²) in [6, 6.07) is 11.9. The Kier molecular flexibility index (Phi) is 8.19. The fraction of sp³-hybridized carbons (Fsp3) is 0.520. The van der Waals surface area contributed by atoms with Gasteiger partial charge in [-0.2, -0.15) is 13.2 Å². The van der Waals surface area contributed by atoms with Gasteiger partial charge in [0.25, 0.3) is 0 Å². The van der Waals surface area contributed by atoms with Gasteiger partial charge in [0.2, 0.25) is 0 Å². The topological polar surface area (TPSA) is 54.9 Å². The van der Waals surface area contributed by atoms with E-state index in [1.165, 1.54) is 11.8 Å². The van der Waals surface area contributed by atoms with Crippen LogP contribution in [-0.2, 0) is 27.3 Å². The first kappa shape index (κ1) is 25.7. The van der Waals surface area contributed by atoms with Crippen molar-refractivity contribution in [3.63, 3.8) is 0 Å². The molecule has 2 atom stereocenters. The maximum absolute atomic E-state index is 12.4. The first-order valence-electron chi connectivity index (χ1n) is 11.7. The zero-order valence-electron chi connectivity index (χ0n) is 19.5. The minimum Gasteiger partial charge on any atom is -0.454 e. The van der Waals surface area contributed by atoms with E-state index in [4.69, 9.17) is 16.3 Å². The lowest BCUT2D eigenvalue weighted by atomic mass is 9.96. The van der Waals surface area contributed by atoms with Gasteiger partial charge >= 0.3 is 12.1 Å². The van der Waals surface area contributed by atoms with Crippen LogP contribution in [0.5, 0.6) is 0 Å². The largest absolute Gasteiger partial charge is 0.490 e. The zero-order chi connectivity index (χ0) is 25.0. The SMILES string of the molecule is C[C@H]1CN(C2CCN(c3cc(COC(=O)C(F)(F)F)ccn3)CC2)[C@@H](Cc2ccc(Cl)cc2)CO1. The summed E-state index contributed by atoms with van der Waals surface area (Å²) in [5, 5.41) is 0.725. The van der Waals surface area contributed by atoms with E-state index in [0.29, 0.717) is 24.0 Å². The van der Waals surface area contributed by atoms with Crippen molar-refractivity contribution in [1.82, 2.24) is 9.88 Å². The average molecular weight is 512 g/mol. The Balaban J connectivity index is 1.35. The Bertz CT molecular complexity index is 997. The summed E-state index contributed by atoms with van der Waals surface area (Å²) < 4.78 is 47.5. The molecule has 0 radical (unpaired) electrons. The van der Waals surface area contributed by atoms with Crippen LogP contribution >= 0.6 is 11.6 Å². The van der Waals surface area contributed by atoms with Crippen LogP contribution in [-0.4, -0.2) is 66.5 Å². The minimum atomic E-state index is -5.00. The number of esters is 1. The third kappa shape index (κ3) is 6.86. The molecule has 0 saturated carbocycles. The molecular formula is C25H29ClF3N3O3. The van der Waals surface area contributed by atoms with Crippen molar-refractivity contribution < 1.29 is 27.4 Å². The Labute approximate surface area is 208 Å². The number of hydrogen-bond donors (Lipinski definition) is 0. The number of morpholine rings is 1. The Morgan fingerprint density at radius 1 is 1.17 bits per heavy atom. The second-order valence-electron chi connectivity index (χ2n) is 9.14. The first-order chi connectivity index (χ1) is 16.7. The van der Waals surface area contributed by atoms with Crippen LogP contribution in [0.3, 0.4) is 0 Å². The number of aromatic nitrogens is 1. The third-order valence-corrected chi connectivity index (χ3v) is 6.82. The van der Waals surface area contributed by atoms with Gasteiger partial charge < -0.3 is 14.4 Å². The highest BCUT2D eigenvalue weighted by atomic mass is 35.5. The van der Waals surface area contributed by atoms with Crippen LogP contribution < -0.4 is 4.90 Å². The molecule has 0 bridgehead atoms. The standard InChI is InChI=1S/C25H29ClF3N3O3/c1-17-14-32(22(16-34-17)12-18-2-4-20(26)5-3-18)21-7-10-31(11-8-21)23-13-19(6-9-30-23)15-35-24(33)25(27,28)29/h2-6,9,13,17,21-22H,7-8,10-12,14-16H2,1H3/t17-,22-/m0/s1. The van der Waals surface area contributed by atoms with Crippen LogP contribution in [0.15, 0.2) is 42.6 Å². The van der Waals surface area contributed by atoms with E-state index in [0.717, 1.165) is 43.9 Å². The maximum Gasteiger partial charge on any atom is 0.490 e. The molecule has 0 spiro atoms. The van der Waals surface area contributed by atoms with Crippen molar-refractivity contribution in [3.05, 3.63) is 58.7 Å². The van der Waals surface area contributed by atoms with Gasteiger partial charge in [0.1, 0.15) is 12.4 Å². The number of nitrogens with zero attached hydrogens (tertiary/aromatic N) is 3. The predicted octanol–water partition coefficient (Wildman–Crippen LogP) is 4.64. The molecule has 2 fully saturated rings. The minimum absolute atomic E-state index is 0.173. The van der Waals surface area contributed by atoms with Crippen molar-refractivity contribution in [2.75, 3.05) is 31.1 Å². The number of piperidine rings is 1. The number of benzene rings is 1. The number of alkyl halides is 3. The van der Waals surface area contributed by atoms with Crippen molar-refractivity contribution in [2.24, 2.45) is 0 Å². The number of halogens is 4. The van der Waals surface area contributed by atoms with E-state index in [9.17, 15) is 18.0 Å². The molecule has 2 aromatic rings. The van der Waals surface area contributed by atoms with E-state index >= 15 is 0 Å². The number of anilines is 1. The predicted molar refractivity (Wildman–Crippen MR) is 126 cm³/mol. The molecule has 190 valence electrons. The van der Waals surface area contributed by atoms with Crippen molar-refractivity contribution in [3.8, 4) is 0 Å². The summed E-state index contributed by atoms with van der Waals surface area (Å²) in [5.41, 5.74) is 1.70. The molecule has 0 unspecified atom stereocenters. The Hall–Kier alpha value is -2.36. The van der Waals surface area contributed by atoms with E-state index in [2.05, 4.69) is 38.6 Å². The summed E-state index contributed by atoms with van der Waals surface area (Å²) in [6.45, 7) is 4.78. The zero-order valence-corrected chi connectivity index (χ0v) is 20.3. The molecule has 4 rings (SSSR count). The number of hydrogen-bond acceptors (Lipinski definition) is 6. The molecule has 10 heteroatoms. The number of rotatable bonds is 6. The highest BCUT2D eigenvalue weighted by molar-refractivity contribution is 6.30. The molecular weight excluding hydrogens is 483 g/mol. The second kappa shape index (κ2) is 11.1. The fourth-order valence-electron chi connectivity index (χ4n) is 4.77. The van der Waals surface area contributed by atoms with Gasteiger partial charge in [-0.3, -0.25) is 4.90 Å². The maximum atomic E-state index is 12.4.